The summed E-state index contributed by atoms with van der Waals surface area (Å²) >= 11 is 0. The van der Waals surface area contributed by atoms with E-state index in [2.05, 4.69) is 0 Å². The van der Waals surface area contributed by atoms with E-state index in [0.717, 1.165) is 0 Å². The van der Waals surface area contributed by atoms with E-state index in [-0.39, 0.29) is 140 Å². The fourth-order valence-electron chi connectivity index (χ4n) is 0. The van der Waals surface area contributed by atoms with Gasteiger partial charge in [0.2, 0.25) is 0 Å². The molecule has 5 heavy (non-hydrogen) atoms. The van der Waals surface area contributed by atoms with Gasteiger partial charge >= 0.3 is 0 Å². The molecule has 0 N–H and O–H groups in total. The number of hydrogen-bond donors (Lipinski definition) is 0. The molecule has 0 aromatic carbocycles. The zero-order valence-electron chi connectivity index (χ0n) is 4.50. The second-order valence-electron chi connectivity index (χ2n) is 0. The average Bonchev–Trinajstić information content (AvgIpc) is 0. The van der Waals surface area contributed by atoms with Crippen molar-refractivity contribution in [2.24, 2.45) is 0 Å². The topological polar surface area (TPSA) is 0 Å². The Labute approximate surface area is 136 Å². The van der Waals surface area contributed by atoms with Crippen LogP contribution in [0.2, 0.25) is 0 Å². The van der Waals surface area contributed by atoms with Gasteiger partial charge in [-0.05, 0) is 0 Å². The van der Waals surface area contributed by atoms with E-state index >= 15 is 0 Å². The van der Waals surface area contributed by atoms with Gasteiger partial charge in [0.1, 0.15) is 0 Å². The summed E-state index contributed by atoms with van der Waals surface area (Å²) in [6.45, 7) is 0. The Hall–Kier alpha value is 4.71. The molecule has 0 nitrogen and oxygen atoms in total. The summed E-state index contributed by atoms with van der Waals surface area (Å²) in [5.74, 6) is 0. The van der Waals surface area contributed by atoms with E-state index in [1.807, 2.05) is 0 Å². The van der Waals surface area contributed by atoms with E-state index in [0.29, 0.717) is 0 Å². The second kappa shape index (κ2) is 23.3. The third-order valence-electron chi connectivity index (χ3n) is 0. The zero-order valence-corrected chi connectivity index (χ0v) is 14.1. The molecule has 0 heterocycles. The molecule has 0 saturated carbocycles. The molecule has 0 aliphatic carbocycles. The van der Waals surface area contributed by atoms with E-state index < -0.39 is 0 Å². The molecule has 0 rings (SSSR count). The van der Waals surface area contributed by atoms with Crippen molar-refractivity contribution in [1.29, 1.82) is 0 Å². The van der Waals surface area contributed by atoms with E-state index in [1.54, 1.807) is 0 Å². The summed E-state index contributed by atoms with van der Waals surface area (Å²) < 4.78 is 0. The van der Waals surface area contributed by atoms with Crippen molar-refractivity contribution >= 4 is 118 Å². The van der Waals surface area contributed by atoms with E-state index in [9.17, 15) is 0 Å². The van der Waals surface area contributed by atoms with Crippen molar-refractivity contribution in [2.45, 2.75) is 0 Å². The molecule has 0 atom stereocenters. The van der Waals surface area contributed by atoms with Crippen molar-refractivity contribution in [1.82, 2.24) is 0 Å². The predicted octanol–water partition coefficient (Wildman–Crippen LogP) is -1.53. The van der Waals surface area contributed by atoms with Gasteiger partial charge in [0, 0.05) is 140 Å². The molecule has 4 radical (unpaired) electrons. The quantitative estimate of drug-likeness (QED) is 0.358. The van der Waals surface area contributed by atoms with E-state index in [1.165, 1.54) is 0 Å². The summed E-state index contributed by atoms with van der Waals surface area (Å²) in [5.41, 5.74) is 0. The molecule has 0 aromatic rings. The fraction of sp³-hybridized carbons (Fsp3) is 0. The Kier molecular flexibility index (Phi) is 155. The number of rotatable bonds is 0. The van der Waals surface area contributed by atoms with Crippen LogP contribution in [0.3, 0.4) is 0 Å². The minimum Gasteiger partial charge on any atom is 0 e. The Morgan fingerprint density at radius 1 is 0.400 bits per heavy atom. The molecular formula is Na4Ti. The van der Waals surface area contributed by atoms with Gasteiger partial charge in [0.05, 0.1) is 0 Å². The van der Waals surface area contributed by atoms with Gasteiger partial charge in [-0.3, -0.25) is 0 Å². The summed E-state index contributed by atoms with van der Waals surface area (Å²) in [6, 6.07) is 0. The van der Waals surface area contributed by atoms with Crippen LogP contribution in [0.15, 0.2) is 0 Å². The van der Waals surface area contributed by atoms with Gasteiger partial charge in [-0.25, -0.2) is 0 Å². The Balaban J connectivity index is 0. The van der Waals surface area contributed by atoms with Crippen LogP contribution in [0, 0.1) is 0 Å². The Bertz CT molecular complexity index is 3.61. The monoisotopic (exact) mass is 140 g/mol. The maximum Gasteiger partial charge on any atom is 0 e. The summed E-state index contributed by atoms with van der Waals surface area (Å²) in [6.07, 6.45) is 0. The molecule has 0 unspecified atom stereocenters. The van der Waals surface area contributed by atoms with E-state index in [4.69, 9.17) is 0 Å². The molecule has 8 valence electrons. The maximum atomic E-state index is 0. The molecule has 0 aromatic heterocycles. The molecule has 5 heteroatoms. The first-order chi connectivity index (χ1) is 0. The molecule has 0 spiro atoms. The van der Waals surface area contributed by atoms with Crippen molar-refractivity contribution < 1.29 is 21.7 Å². The van der Waals surface area contributed by atoms with Gasteiger partial charge in [0.25, 0.3) is 0 Å². The number of hydrogen-bond acceptors (Lipinski definition) is 0. The van der Waals surface area contributed by atoms with Gasteiger partial charge in [0.15, 0.2) is 0 Å². The van der Waals surface area contributed by atoms with Gasteiger partial charge in [-0.15, -0.1) is 0 Å². The zero-order chi connectivity index (χ0) is 0. The third-order valence-corrected chi connectivity index (χ3v) is 0. The van der Waals surface area contributed by atoms with Crippen LogP contribution in [-0.4, -0.2) is 118 Å². The molecule has 0 fully saturated rings. The maximum absolute atomic E-state index is 0. The largest absolute Gasteiger partial charge is 0 e. The van der Waals surface area contributed by atoms with Crippen LogP contribution in [0.5, 0.6) is 0 Å². The molecule has 0 bridgehead atoms. The smallest absolute Gasteiger partial charge is 0 e. The van der Waals surface area contributed by atoms with Crippen LogP contribution in [-0.2, 0) is 21.7 Å². The van der Waals surface area contributed by atoms with Gasteiger partial charge in [-0.2, -0.15) is 0 Å². The van der Waals surface area contributed by atoms with Crippen molar-refractivity contribution in [3.8, 4) is 0 Å². The van der Waals surface area contributed by atoms with Crippen molar-refractivity contribution in [3.05, 3.63) is 0 Å². The standard InChI is InChI=1S/4Na.Ti. The van der Waals surface area contributed by atoms with Crippen molar-refractivity contribution in [2.75, 3.05) is 0 Å². The van der Waals surface area contributed by atoms with Crippen LogP contribution < -0.4 is 0 Å². The Morgan fingerprint density at radius 2 is 0.400 bits per heavy atom. The molecule has 0 saturated heterocycles. The van der Waals surface area contributed by atoms with Crippen LogP contribution in [0.4, 0.5) is 0 Å². The van der Waals surface area contributed by atoms with Gasteiger partial charge in [-0.1, -0.05) is 0 Å². The molecule has 0 aliphatic rings. The minimum absolute atomic E-state index is 0. The summed E-state index contributed by atoms with van der Waals surface area (Å²) in [4.78, 5) is 0. The summed E-state index contributed by atoms with van der Waals surface area (Å²) in [5, 5.41) is 0. The first-order valence-electron chi connectivity index (χ1n) is 0. The van der Waals surface area contributed by atoms with Crippen molar-refractivity contribution in [3.63, 3.8) is 0 Å². The minimum atomic E-state index is 0. The van der Waals surface area contributed by atoms with Crippen LogP contribution in [0.25, 0.3) is 0 Å². The van der Waals surface area contributed by atoms with Crippen LogP contribution in [0.1, 0.15) is 0 Å². The molecule has 0 aliphatic heterocycles. The predicted molar refractivity (Wildman–Crippen MR) is 23.0 cm³/mol. The SMILES string of the molecule is [Na].[Na].[Na].[Na].[Ti]. The first kappa shape index (κ1) is 33.2. The van der Waals surface area contributed by atoms with Gasteiger partial charge < -0.3 is 0 Å². The fourth-order valence-corrected chi connectivity index (χ4v) is 0. The first-order valence-corrected chi connectivity index (χ1v) is 0. The molecular weight excluding hydrogens is 140 g/mol. The average molecular weight is 140 g/mol. The van der Waals surface area contributed by atoms with Crippen LogP contribution >= 0.6 is 0 Å². The Morgan fingerprint density at radius 3 is 0.400 bits per heavy atom. The normalized spacial score (nSPS) is 0. The molecule has 0 amide bonds. The second-order valence-corrected chi connectivity index (χ2v) is 0. The summed E-state index contributed by atoms with van der Waals surface area (Å²) in [7, 11) is 0. The third kappa shape index (κ3) is 17.7.